The first-order chi connectivity index (χ1) is 22.3. The maximum atomic E-state index is 7.19. The predicted molar refractivity (Wildman–Crippen MR) is 188 cm³/mol. The van der Waals surface area contributed by atoms with Crippen molar-refractivity contribution in [3.8, 4) is 16.9 Å². The minimum absolute atomic E-state index is 0.112. The molecule has 0 bridgehead atoms. The van der Waals surface area contributed by atoms with Gasteiger partial charge in [0, 0.05) is 34.5 Å². The van der Waals surface area contributed by atoms with Gasteiger partial charge in [0.05, 0.1) is 0 Å². The average Bonchev–Trinajstić information content (AvgIpc) is 3.11. The molecule has 9 rings (SSSR count). The van der Waals surface area contributed by atoms with E-state index in [2.05, 4.69) is 151 Å². The fraction of sp³-hybridized carbons (Fsp3) is 0.0465. The van der Waals surface area contributed by atoms with Crippen molar-refractivity contribution in [3.05, 3.63) is 174 Å². The van der Waals surface area contributed by atoms with E-state index in [1.54, 1.807) is 0 Å². The number of aromatic nitrogens is 1. The zero-order valence-corrected chi connectivity index (χ0v) is 24.7. The second-order valence-corrected chi connectivity index (χ2v) is 11.9. The molecule has 0 N–H and O–H groups in total. The van der Waals surface area contributed by atoms with Crippen LogP contribution in [-0.2, 0) is 6.42 Å². The molecule has 0 amide bonds. The molecule has 1 atom stereocenters. The molecule has 45 heavy (non-hydrogen) atoms. The summed E-state index contributed by atoms with van der Waals surface area (Å²) in [4.78, 5) is 4.66. The van der Waals surface area contributed by atoms with Crippen LogP contribution in [0.1, 0.15) is 22.6 Å². The van der Waals surface area contributed by atoms with Crippen LogP contribution < -0.4 is 4.74 Å². The van der Waals surface area contributed by atoms with Crippen molar-refractivity contribution < 1.29 is 4.74 Å². The second kappa shape index (κ2) is 10.5. The molecule has 0 aliphatic heterocycles. The second-order valence-electron chi connectivity index (χ2n) is 11.9. The van der Waals surface area contributed by atoms with Crippen LogP contribution in [0.4, 0.5) is 0 Å². The van der Waals surface area contributed by atoms with Gasteiger partial charge >= 0.3 is 0 Å². The van der Waals surface area contributed by atoms with Gasteiger partial charge in [-0.3, -0.25) is 4.98 Å². The van der Waals surface area contributed by atoms with E-state index < -0.39 is 0 Å². The first-order valence-corrected chi connectivity index (χ1v) is 15.5. The van der Waals surface area contributed by atoms with Gasteiger partial charge in [0.25, 0.3) is 0 Å². The Morgan fingerprint density at radius 3 is 2.09 bits per heavy atom. The molecule has 1 aromatic heterocycles. The molecule has 2 heteroatoms. The van der Waals surface area contributed by atoms with Crippen molar-refractivity contribution in [1.29, 1.82) is 0 Å². The van der Waals surface area contributed by atoms with Crippen molar-refractivity contribution in [3.63, 3.8) is 0 Å². The fourth-order valence-electron chi connectivity index (χ4n) is 7.26. The third-order valence-corrected chi connectivity index (χ3v) is 9.36. The van der Waals surface area contributed by atoms with Crippen molar-refractivity contribution in [2.24, 2.45) is 0 Å². The topological polar surface area (TPSA) is 22.1 Å². The number of allylic oxidation sites excluding steroid dienone is 1. The summed E-state index contributed by atoms with van der Waals surface area (Å²) in [6.07, 6.45) is 7.02. The van der Waals surface area contributed by atoms with E-state index >= 15 is 0 Å². The molecule has 1 unspecified atom stereocenters. The van der Waals surface area contributed by atoms with Crippen molar-refractivity contribution >= 4 is 49.2 Å². The van der Waals surface area contributed by atoms with Gasteiger partial charge in [0.2, 0.25) is 0 Å². The number of pyridine rings is 1. The Morgan fingerprint density at radius 2 is 1.22 bits per heavy atom. The molecule has 0 spiro atoms. The molecule has 1 aliphatic carbocycles. The van der Waals surface area contributed by atoms with E-state index in [9.17, 15) is 0 Å². The lowest BCUT2D eigenvalue weighted by Gasteiger charge is -2.28. The van der Waals surface area contributed by atoms with Crippen LogP contribution in [0.5, 0.6) is 5.75 Å². The monoisotopic (exact) mass is 575 g/mol. The van der Waals surface area contributed by atoms with Crippen LogP contribution in [0.3, 0.4) is 0 Å². The average molecular weight is 576 g/mol. The van der Waals surface area contributed by atoms with Crippen molar-refractivity contribution in [2.45, 2.75) is 12.3 Å². The van der Waals surface area contributed by atoms with Gasteiger partial charge in [-0.15, -0.1) is 0 Å². The summed E-state index contributed by atoms with van der Waals surface area (Å²) in [6.45, 7) is 0. The zero-order valence-electron chi connectivity index (χ0n) is 24.7. The number of fused-ring (bicyclic) bond motifs is 6. The van der Waals surface area contributed by atoms with Crippen LogP contribution in [0.2, 0.25) is 0 Å². The summed E-state index contributed by atoms with van der Waals surface area (Å²) in [6, 6.07) is 49.9. The minimum Gasteiger partial charge on any atom is -0.460 e. The summed E-state index contributed by atoms with van der Waals surface area (Å²) in [5.41, 5.74) is 6.21. The zero-order chi connectivity index (χ0) is 29.7. The molecular formula is C43H29NO. The van der Waals surface area contributed by atoms with Gasteiger partial charge in [-0.25, -0.2) is 0 Å². The first kappa shape index (κ1) is 25.7. The lowest BCUT2D eigenvalue weighted by atomic mass is 9.83. The Kier molecular flexibility index (Phi) is 5.99. The summed E-state index contributed by atoms with van der Waals surface area (Å²) < 4.78 is 7.19. The number of benzene rings is 7. The van der Waals surface area contributed by atoms with Gasteiger partial charge in [-0.1, -0.05) is 127 Å². The minimum atomic E-state index is 0.112. The van der Waals surface area contributed by atoms with Crippen LogP contribution in [0.15, 0.2) is 158 Å². The fourth-order valence-corrected chi connectivity index (χ4v) is 7.26. The Bertz CT molecular complexity index is 2380. The third kappa shape index (κ3) is 4.22. The van der Waals surface area contributed by atoms with Gasteiger partial charge in [0.1, 0.15) is 11.5 Å². The molecule has 0 saturated carbocycles. The molecule has 1 heterocycles. The highest BCUT2D eigenvalue weighted by Crippen LogP contribution is 2.48. The number of nitrogens with zero attached hydrogens (tertiary/aromatic N) is 1. The van der Waals surface area contributed by atoms with E-state index in [-0.39, 0.29) is 5.92 Å². The number of ether oxygens (including phenoxy) is 1. The van der Waals surface area contributed by atoms with E-state index in [1.807, 2.05) is 12.4 Å². The van der Waals surface area contributed by atoms with E-state index in [4.69, 9.17) is 4.74 Å². The molecule has 0 fully saturated rings. The normalized spacial score (nSPS) is 14.5. The smallest absolute Gasteiger partial charge is 0.142 e. The SMILES string of the molecule is C1=C(Oc2c3ccccc3c(-c3cc4ccccc4c4ccccc34)c3cnccc23)C(c2ccccc2)Cc2ccccc21. The van der Waals surface area contributed by atoms with E-state index in [0.717, 1.165) is 39.5 Å². The Morgan fingerprint density at radius 1 is 0.556 bits per heavy atom. The third-order valence-electron chi connectivity index (χ3n) is 9.36. The number of rotatable bonds is 4. The molecule has 2 nitrogen and oxygen atoms in total. The Balaban J connectivity index is 1.32. The van der Waals surface area contributed by atoms with Crippen LogP contribution in [0.25, 0.3) is 60.3 Å². The van der Waals surface area contributed by atoms with E-state index in [1.165, 1.54) is 49.4 Å². The van der Waals surface area contributed by atoms with Gasteiger partial charge in [0.15, 0.2) is 0 Å². The Labute approximate surface area is 261 Å². The molecule has 7 aromatic carbocycles. The molecule has 0 saturated heterocycles. The van der Waals surface area contributed by atoms with Crippen LogP contribution >= 0.6 is 0 Å². The van der Waals surface area contributed by atoms with Gasteiger partial charge < -0.3 is 4.74 Å². The highest BCUT2D eigenvalue weighted by Gasteiger charge is 2.27. The lowest BCUT2D eigenvalue weighted by molar-refractivity contribution is 0.392. The predicted octanol–water partition coefficient (Wildman–Crippen LogP) is 11.1. The molecule has 0 radical (unpaired) electrons. The Hall–Kier alpha value is -5.73. The maximum Gasteiger partial charge on any atom is 0.142 e. The quantitative estimate of drug-likeness (QED) is 0.154. The number of hydrogen-bond acceptors (Lipinski definition) is 2. The summed E-state index contributed by atoms with van der Waals surface area (Å²) in [5, 5.41) is 9.36. The highest BCUT2D eigenvalue weighted by molar-refractivity contribution is 6.23. The summed E-state index contributed by atoms with van der Waals surface area (Å²) in [7, 11) is 0. The van der Waals surface area contributed by atoms with Crippen molar-refractivity contribution in [2.75, 3.05) is 0 Å². The molecule has 212 valence electrons. The summed E-state index contributed by atoms with van der Waals surface area (Å²) in [5.74, 6) is 1.95. The van der Waals surface area contributed by atoms with E-state index in [0.29, 0.717) is 0 Å². The first-order valence-electron chi connectivity index (χ1n) is 15.5. The van der Waals surface area contributed by atoms with Crippen molar-refractivity contribution in [1.82, 2.24) is 4.98 Å². The van der Waals surface area contributed by atoms with Crippen LogP contribution in [-0.4, -0.2) is 4.98 Å². The van der Waals surface area contributed by atoms with Gasteiger partial charge in [-0.05, 0) is 79.4 Å². The molecule has 1 aliphatic rings. The lowest BCUT2D eigenvalue weighted by Crippen LogP contribution is -2.16. The van der Waals surface area contributed by atoms with Gasteiger partial charge in [-0.2, -0.15) is 0 Å². The summed E-state index contributed by atoms with van der Waals surface area (Å²) >= 11 is 0. The molecular weight excluding hydrogens is 546 g/mol. The largest absolute Gasteiger partial charge is 0.460 e. The van der Waals surface area contributed by atoms with Crippen LogP contribution in [0, 0.1) is 0 Å². The number of hydrogen-bond donors (Lipinski definition) is 0. The maximum absolute atomic E-state index is 7.19. The highest BCUT2D eigenvalue weighted by atomic mass is 16.5. The standard InChI is InChI=1S/C43H29NO/c1-2-12-28(13-3-1)38-24-29-14-4-5-15-30(29)26-41(38)45-43-36-21-11-10-20-35(36)42(40-27-44-23-22-37(40)43)39-25-31-16-6-7-17-32(31)33-18-8-9-19-34(33)39/h1-23,25-27,38H,24H2. The molecule has 8 aromatic rings.